The summed E-state index contributed by atoms with van der Waals surface area (Å²) in [5.74, 6) is 16.8. The molecule has 2 aromatic carbocycles. The summed E-state index contributed by atoms with van der Waals surface area (Å²) in [5, 5.41) is 72.6. The second-order valence-corrected chi connectivity index (χ2v) is 26.9. The van der Waals surface area contributed by atoms with Crippen molar-refractivity contribution in [1.82, 2.24) is 10.6 Å². The first-order chi connectivity index (χ1) is 37.7. The first-order valence-corrected chi connectivity index (χ1v) is 31.4. The number of methoxy groups -OCH3 is 1. The number of fused-ring (bicyclic) bond motifs is 7. The smallest absolute Gasteiger partial charge is 0.201 e. The molecule has 4 aliphatic carbocycles. The van der Waals surface area contributed by atoms with Gasteiger partial charge in [0, 0.05) is 79.4 Å². The molecule has 3 fully saturated rings. The van der Waals surface area contributed by atoms with Gasteiger partial charge in [0.2, 0.25) is 6.29 Å². The van der Waals surface area contributed by atoms with Crippen molar-refractivity contribution in [1.29, 1.82) is 0 Å². The molecular weight excluding hydrogens is 1030 g/mol. The SMILES string of the molecule is CO[C@H](CO)CC[C@@H]1CC[C@]2(CC[C@]3(CC[C@@H](CCCO)C3)C2)C[C@]12CC#C[C@H]1NC(N)=N[C@H](C(C)C)CSSC[C@@H]1[C@H]1Cc3c4cc(c(c3O[C@@H]1O)OCN2)CC#Cc1c(ccc(O)c1OCO)CCC(=O)C[C@H](O)CC4. The van der Waals surface area contributed by atoms with Crippen molar-refractivity contribution >= 4 is 33.3 Å². The van der Waals surface area contributed by atoms with Crippen LogP contribution in [-0.2, 0) is 35.2 Å². The zero-order valence-electron chi connectivity index (χ0n) is 46.2. The molecule has 0 radical (unpaired) electrons. The van der Waals surface area contributed by atoms with Crippen molar-refractivity contribution in [3.63, 3.8) is 0 Å². The number of nitrogens with one attached hydrogen (secondary N) is 2. The molecule has 3 spiro atoms. The lowest BCUT2D eigenvalue weighted by Crippen LogP contribution is -2.58. The largest absolute Gasteiger partial charge is 0.504 e. The summed E-state index contributed by atoms with van der Waals surface area (Å²) >= 11 is 0. The monoisotopic (exact) mass is 1110 g/mol. The number of aliphatic hydroxyl groups is 5. The first-order valence-electron chi connectivity index (χ1n) is 28.9. The molecule has 2 aromatic rings. The van der Waals surface area contributed by atoms with E-state index in [-0.39, 0.29) is 91.8 Å². The number of guanidine groups is 1. The maximum Gasteiger partial charge on any atom is 0.201 e. The van der Waals surface area contributed by atoms with Crippen molar-refractivity contribution in [2.75, 3.05) is 45.4 Å². The summed E-state index contributed by atoms with van der Waals surface area (Å²) in [6.45, 7) is 3.89. The van der Waals surface area contributed by atoms with Crippen LogP contribution in [0.25, 0.3) is 0 Å². The highest BCUT2D eigenvalue weighted by Gasteiger charge is 2.57. The van der Waals surface area contributed by atoms with Crippen LogP contribution in [0.15, 0.2) is 23.2 Å². The number of aromatic hydroxyl groups is 1. The second-order valence-electron chi connectivity index (χ2n) is 24.3. The van der Waals surface area contributed by atoms with Crippen molar-refractivity contribution in [3.8, 4) is 46.7 Å². The summed E-state index contributed by atoms with van der Waals surface area (Å²) < 4.78 is 25.3. The third kappa shape index (κ3) is 13.5. The van der Waals surface area contributed by atoms with Gasteiger partial charge in [0.05, 0.1) is 36.5 Å². The van der Waals surface area contributed by atoms with Gasteiger partial charge in [0.1, 0.15) is 12.5 Å². The zero-order valence-corrected chi connectivity index (χ0v) is 47.8. The summed E-state index contributed by atoms with van der Waals surface area (Å²) in [6, 6.07) is 4.75. The molecule has 6 bridgehead atoms. The molecule has 3 saturated carbocycles. The molecule has 0 saturated heterocycles. The molecule has 0 aromatic heterocycles. The number of aliphatic hydroxyl groups excluding tert-OH is 5. The number of ketones is 1. The van der Waals surface area contributed by atoms with Crippen LogP contribution in [-0.4, -0.2) is 124 Å². The molecule has 17 heteroatoms. The number of phenols is 1. The highest BCUT2D eigenvalue weighted by Crippen LogP contribution is 2.65. The van der Waals surface area contributed by atoms with E-state index in [1.807, 2.05) is 0 Å². The van der Waals surface area contributed by atoms with Gasteiger partial charge in [-0.2, -0.15) is 0 Å². The highest BCUT2D eigenvalue weighted by atomic mass is 33.1. The molecule has 10 rings (SSSR count). The van der Waals surface area contributed by atoms with Gasteiger partial charge in [0.25, 0.3) is 0 Å². The van der Waals surface area contributed by atoms with E-state index >= 15 is 0 Å². The van der Waals surface area contributed by atoms with Crippen LogP contribution < -0.4 is 30.6 Å². The Labute approximate surface area is 470 Å². The third-order valence-electron chi connectivity index (χ3n) is 19.0. The van der Waals surface area contributed by atoms with Crippen LogP contribution in [0.4, 0.5) is 0 Å². The van der Waals surface area contributed by atoms with Crippen LogP contribution >= 0.6 is 21.6 Å². The van der Waals surface area contributed by atoms with Gasteiger partial charge in [-0.1, -0.05) is 71.2 Å². The summed E-state index contributed by atoms with van der Waals surface area (Å²) in [4.78, 5) is 18.5. The number of nitrogens with two attached hydrogens (primary N) is 1. The Kier molecular flexibility index (Phi) is 19.9. The minimum absolute atomic E-state index is 0.00347. The van der Waals surface area contributed by atoms with E-state index < -0.39 is 36.7 Å². The summed E-state index contributed by atoms with van der Waals surface area (Å²) in [7, 11) is 5.18. The Morgan fingerprint density at radius 2 is 1.74 bits per heavy atom. The lowest BCUT2D eigenvalue weighted by Gasteiger charge is -2.52. The number of phenolic OH excluding ortho intramolecular Hbond substituents is 1. The number of aryl methyl sites for hydroxylation is 2. The number of hydrogen-bond acceptors (Lipinski definition) is 17. The van der Waals surface area contributed by atoms with Gasteiger partial charge in [-0.25, -0.2) is 4.99 Å². The normalized spacial score (nSPS) is 32.8. The average molecular weight is 1120 g/mol. The number of hydrogen-bond donors (Lipinski definition) is 9. The summed E-state index contributed by atoms with van der Waals surface area (Å²) in [5.41, 5.74) is 10.2. The first kappa shape index (κ1) is 58.8. The molecule has 0 unspecified atom stereocenters. The average Bonchev–Trinajstić information content (AvgIpc) is 4.18. The number of carbonyl (C=O) groups excluding carboxylic acids is 1. The fraction of sp³-hybridized carbons (Fsp3) is 0.705. The zero-order chi connectivity index (χ0) is 55.0. The molecule has 0 amide bonds. The standard InChI is InChI=1S/C61H86N4O11S2/c1-38(2)52-33-78-77-32-50-49-29-48-41-12-16-45(70)28-44(69)15-11-40-13-18-53(71)55(75-37-68)47(40)9-4-8-42(27-41)54(56(48)76-57(49)72)74-36-63-61(21-5-10-51(50)64-58(62)65-52)35-60(23-20-43(61)14-17-46(31-67)73-3)25-24-59(34-60)22-19-39(30-59)7-6-26-66/h13,18,27,38-39,43,45-46,49-52,57,63,66-68,70-72H,6-8,11-12,14-17,19-26,28-37H2,1-3H3,(H3,62,64,65)/t39-,43-,45-,46+,49-,50-,51-,52+,57+,59+,60-,61-/m1/s1. The fourth-order valence-corrected chi connectivity index (χ4v) is 17.6. The van der Waals surface area contributed by atoms with E-state index in [1.54, 1.807) is 34.8 Å². The van der Waals surface area contributed by atoms with Crippen molar-refractivity contribution in [3.05, 3.63) is 46.0 Å². The van der Waals surface area contributed by atoms with Crippen LogP contribution in [0.3, 0.4) is 0 Å². The van der Waals surface area contributed by atoms with Gasteiger partial charge in [-0.15, -0.1) is 0 Å². The number of nitrogens with zero attached hydrogens (tertiary/aromatic N) is 1. The Bertz CT molecular complexity index is 2580. The number of benzene rings is 2. The topological polar surface area (TPSA) is 238 Å². The maximum absolute atomic E-state index is 13.4. The predicted octanol–water partition coefficient (Wildman–Crippen LogP) is 7.08. The van der Waals surface area contributed by atoms with Crippen molar-refractivity contribution in [2.24, 2.45) is 51.1 Å². The Balaban J connectivity index is 1.18. The van der Waals surface area contributed by atoms with E-state index in [4.69, 9.17) is 29.7 Å². The van der Waals surface area contributed by atoms with E-state index in [9.17, 15) is 35.4 Å². The molecule has 4 heterocycles. The molecule has 15 nitrogen and oxygen atoms in total. The molecule has 78 heavy (non-hydrogen) atoms. The van der Waals surface area contributed by atoms with Gasteiger partial charge in [0.15, 0.2) is 35.8 Å². The molecule has 4 aliphatic heterocycles. The number of Topliss-reactive ketones (excluding diaryl/α,β-unsaturated/α-hetero) is 1. The minimum atomic E-state index is -1.26. The van der Waals surface area contributed by atoms with Gasteiger partial charge < -0.3 is 60.6 Å². The lowest BCUT2D eigenvalue weighted by atomic mass is 9.57. The van der Waals surface area contributed by atoms with Crippen molar-refractivity contribution < 1.29 is 54.4 Å². The van der Waals surface area contributed by atoms with Crippen LogP contribution in [0.5, 0.6) is 23.0 Å². The second kappa shape index (κ2) is 26.4. The Morgan fingerprint density at radius 3 is 2.54 bits per heavy atom. The summed E-state index contributed by atoms with van der Waals surface area (Å²) in [6.07, 6.45) is 13.4. The molecular formula is C61H86N4O11S2. The lowest BCUT2D eigenvalue weighted by molar-refractivity contribution is -0.121. The molecule has 10 N–H and O–H groups in total. The van der Waals surface area contributed by atoms with E-state index in [1.165, 1.54) is 38.2 Å². The van der Waals surface area contributed by atoms with Gasteiger partial charge in [-0.3, -0.25) is 10.1 Å². The highest BCUT2D eigenvalue weighted by molar-refractivity contribution is 8.76. The van der Waals surface area contributed by atoms with Crippen LogP contribution in [0, 0.1) is 64.1 Å². The van der Waals surface area contributed by atoms with Gasteiger partial charge >= 0.3 is 0 Å². The maximum atomic E-state index is 13.4. The molecule has 8 aliphatic rings. The number of carbonyl (C=O) groups is 1. The van der Waals surface area contributed by atoms with Gasteiger partial charge in [-0.05, 0) is 155 Å². The predicted molar refractivity (Wildman–Crippen MR) is 305 cm³/mol. The molecule has 428 valence electrons. The van der Waals surface area contributed by atoms with E-state index in [2.05, 4.69) is 54.2 Å². The number of rotatable bonds is 11. The Morgan fingerprint density at radius 1 is 0.923 bits per heavy atom. The molecule has 12 atom stereocenters. The van der Waals surface area contributed by atoms with Crippen molar-refractivity contribution in [2.45, 2.75) is 185 Å². The van der Waals surface area contributed by atoms with Crippen LogP contribution in [0.1, 0.15) is 151 Å². The number of ether oxygens (including phenoxy) is 4. The minimum Gasteiger partial charge on any atom is -0.504 e. The fourth-order valence-electron chi connectivity index (χ4n) is 14.7. The Hall–Kier alpha value is -3.88. The van der Waals surface area contributed by atoms with E-state index in [0.29, 0.717) is 89.8 Å². The van der Waals surface area contributed by atoms with E-state index in [0.717, 1.165) is 61.8 Å². The number of aliphatic imine (C=N–C) groups is 1. The quantitative estimate of drug-likeness (QED) is 0.0621. The van der Waals surface area contributed by atoms with Crippen LogP contribution in [0.2, 0.25) is 0 Å². The third-order valence-corrected chi connectivity index (χ3v) is 21.5.